The maximum absolute atomic E-state index is 12.5. The SMILES string of the molecule is CCCCCC(=O)n1c(CC(=O)OC)nc2ccccc21. The highest BCUT2D eigenvalue weighted by Crippen LogP contribution is 2.18. The maximum atomic E-state index is 12.5. The quantitative estimate of drug-likeness (QED) is 0.605. The van der Waals surface area contributed by atoms with Crippen LogP contribution >= 0.6 is 0 Å². The number of imidazole rings is 1. The van der Waals surface area contributed by atoms with E-state index in [1.807, 2.05) is 24.3 Å². The van der Waals surface area contributed by atoms with Crippen molar-refractivity contribution in [2.24, 2.45) is 0 Å². The maximum Gasteiger partial charge on any atom is 0.313 e. The van der Waals surface area contributed by atoms with Crippen molar-refractivity contribution in [3.8, 4) is 0 Å². The average Bonchev–Trinajstić information content (AvgIpc) is 2.85. The van der Waals surface area contributed by atoms with Crippen molar-refractivity contribution in [2.45, 2.75) is 39.0 Å². The summed E-state index contributed by atoms with van der Waals surface area (Å²) < 4.78 is 6.24. The molecule has 0 unspecified atom stereocenters. The first-order chi connectivity index (χ1) is 10.2. The second kappa shape index (κ2) is 7.02. The summed E-state index contributed by atoms with van der Waals surface area (Å²) in [6.07, 6.45) is 3.39. The van der Waals surface area contributed by atoms with Gasteiger partial charge in [0, 0.05) is 6.42 Å². The first kappa shape index (κ1) is 15.2. The van der Waals surface area contributed by atoms with Crippen LogP contribution < -0.4 is 0 Å². The molecule has 1 aromatic heterocycles. The summed E-state index contributed by atoms with van der Waals surface area (Å²) in [5, 5.41) is 0. The number of carbonyl (C=O) groups is 2. The molecule has 5 nitrogen and oxygen atoms in total. The molecule has 112 valence electrons. The molecule has 1 aromatic carbocycles. The minimum absolute atomic E-state index is 0.00466. The molecular weight excluding hydrogens is 268 g/mol. The largest absolute Gasteiger partial charge is 0.469 e. The number of benzene rings is 1. The molecule has 0 atom stereocenters. The lowest BCUT2D eigenvalue weighted by atomic mass is 10.2. The minimum atomic E-state index is -0.395. The highest BCUT2D eigenvalue weighted by Gasteiger charge is 2.18. The lowest BCUT2D eigenvalue weighted by Crippen LogP contribution is -2.17. The summed E-state index contributed by atoms with van der Waals surface area (Å²) in [5.41, 5.74) is 1.47. The Morgan fingerprint density at radius 2 is 2.00 bits per heavy atom. The molecule has 0 aliphatic rings. The van der Waals surface area contributed by atoms with Crippen molar-refractivity contribution < 1.29 is 14.3 Å². The van der Waals surface area contributed by atoms with Crippen LogP contribution in [0, 0.1) is 0 Å². The number of carbonyl (C=O) groups excluding carboxylic acids is 2. The molecule has 2 aromatic rings. The fourth-order valence-corrected chi connectivity index (χ4v) is 2.31. The number of rotatable bonds is 6. The van der Waals surface area contributed by atoms with E-state index in [-0.39, 0.29) is 12.3 Å². The topological polar surface area (TPSA) is 61.2 Å². The summed E-state index contributed by atoms with van der Waals surface area (Å²) in [5.74, 6) is 0.0357. The number of hydrogen-bond donors (Lipinski definition) is 0. The van der Waals surface area contributed by atoms with E-state index in [9.17, 15) is 9.59 Å². The Bertz CT molecular complexity index is 646. The van der Waals surface area contributed by atoms with Crippen molar-refractivity contribution in [1.82, 2.24) is 9.55 Å². The van der Waals surface area contributed by atoms with Gasteiger partial charge >= 0.3 is 5.97 Å². The van der Waals surface area contributed by atoms with E-state index in [1.165, 1.54) is 7.11 Å². The highest BCUT2D eigenvalue weighted by molar-refractivity contribution is 5.92. The second-order valence-corrected chi connectivity index (χ2v) is 4.96. The van der Waals surface area contributed by atoms with Crippen molar-refractivity contribution in [3.63, 3.8) is 0 Å². The van der Waals surface area contributed by atoms with E-state index in [0.29, 0.717) is 12.2 Å². The zero-order valence-electron chi connectivity index (χ0n) is 12.5. The van der Waals surface area contributed by atoms with Gasteiger partial charge in [-0.15, -0.1) is 0 Å². The van der Waals surface area contributed by atoms with Crippen LogP contribution in [0.4, 0.5) is 0 Å². The van der Waals surface area contributed by atoms with Crippen molar-refractivity contribution in [2.75, 3.05) is 7.11 Å². The number of ether oxygens (including phenoxy) is 1. The van der Waals surface area contributed by atoms with Gasteiger partial charge in [-0.05, 0) is 18.6 Å². The van der Waals surface area contributed by atoms with Gasteiger partial charge in [-0.25, -0.2) is 4.98 Å². The monoisotopic (exact) mass is 288 g/mol. The fourth-order valence-electron chi connectivity index (χ4n) is 2.31. The smallest absolute Gasteiger partial charge is 0.313 e. The Kier molecular flexibility index (Phi) is 5.09. The van der Waals surface area contributed by atoms with Crippen LogP contribution in [0.25, 0.3) is 11.0 Å². The number of aromatic nitrogens is 2. The lowest BCUT2D eigenvalue weighted by Gasteiger charge is -2.07. The molecule has 0 amide bonds. The summed E-state index contributed by atoms with van der Waals surface area (Å²) in [6.45, 7) is 2.10. The molecule has 0 aliphatic carbocycles. The van der Waals surface area contributed by atoms with Crippen LogP contribution in [0.15, 0.2) is 24.3 Å². The van der Waals surface area contributed by atoms with E-state index < -0.39 is 5.97 Å². The van der Waals surface area contributed by atoms with Crippen LogP contribution in [0.2, 0.25) is 0 Å². The molecule has 21 heavy (non-hydrogen) atoms. The standard InChI is InChI=1S/C16H20N2O3/c1-3-4-5-10-15(19)18-13-9-7-6-8-12(13)17-14(18)11-16(20)21-2/h6-9H,3-5,10-11H2,1-2H3. The van der Waals surface area contributed by atoms with Crippen LogP contribution in [-0.4, -0.2) is 28.5 Å². The molecule has 2 rings (SSSR count). The molecule has 5 heteroatoms. The Balaban J connectivity index is 2.35. The molecule has 0 fully saturated rings. The number of methoxy groups -OCH3 is 1. The van der Waals surface area contributed by atoms with Crippen LogP contribution in [0.1, 0.15) is 43.2 Å². The predicted molar refractivity (Wildman–Crippen MR) is 80.2 cm³/mol. The number of para-hydroxylation sites is 2. The van der Waals surface area contributed by atoms with E-state index in [1.54, 1.807) is 4.57 Å². The number of nitrogens with zero attached hydrogens (tertiary/aromatic N) is 2. The van der Waals surface area contributed by atoms with E-state index in [0.717, 1.165) is 30.3 Å². The van der Waals surface area contributed by atoms with E-state index in [2.05, 4.69) is 16.6 Å². The Hall–Kier alpha value is -2.17. The van der Waals surface area contributed by atoms with Gasteiger partial charge in [0.2, 0.25) is 5.91 Å². The van der Waals surface area contributed by atoms with Crippen molar-refractivity contribution in [1.29, 1.82) is 0 Å². The predicted octanol–water partition coefficient (Wildman–Crippen LogP) is 2.97. The van der Waals surface area contributed by atoms with Gasteiger partial charge in [-0.1, -0.05) is 31.9 Å². The van der Waals surface area contributed by atoms with Gasteiger partial charge in [0.05, 0.1) is 18.1 Å². The summed E-state index contributed by atoms with van der Waals surface area (Å²) >= 11 is 0. The fraction of sp³-hybridized carbons (Fsp3) is 0.438. The summed E-state index contributed by atoms with van der Waals surface area (Å²) in [7, 11) is 1.33. The molecule has 0 aliphatic heterocycles. The van der Waals surface area contributed by atoms with Crippen LogP contribution in [-0.2, 0) is 16.0 Å². The Labute approximate surface area is 123 Å². The molecule has 1 heterocycles. The summed E-state index contributed by atoms with van der Waals surface area (Å²) in [4.78, 5) is 28.4. The molecular formula is C16H20N2O3. The Morgan fingerprint density at radius 1 is 1.24 bits per heavy atom. The normalized spacial score (nSPS) is 10.8. The van der Waals surface area contributed by atoms with Gasteiger partial charge in [0.15, 0.2) is 0 Å². The molecule has 0 saturated heterocycles. The molecule has 0 spiro atoms. The Morgan fingerprint density at radius 3 is 2.71 bits per heavy atom. The van der Waals surface area contributed by atoms with Crippen molar-refractivity contribution >= 4 is 22.9 Å². The van der Waals surface area contributed by atoms with Gasteiger partial charge in [-0.2, -0.15) is 0 Å². The van der Waals surface area contributed by atoms with Crippen LogP contribution in [0.3, 0.4) is 0 Å². The second-order valence-electron chi connectivity index (χ2n) is 4.96. The number of hydrogen-bond acceptors (Lipinski definition) is 4. The first-order valence-electron chi connectivity index (χ1n) is 7.23. The van der Waals surface area contributed by atoms with Crippen molar-refractivity contribution in [3.05, 3.63) is 30.1 Å². The lowest BCUT2D eigenvalue weighted by molar-refractivity contribution is -0.139. The summed E-state index contributed by atoms with van der Waals surface area (Å²) in [6, 6.07) is 7.41. The number of unbranched alkanes of at least 4 members (excludes halogenated alkanes) is 2. The third-order valence-electron chi connectivity index (χ3n) is 3.40. The third kappa shape index (κ3) is 3.48. The third-order valence-corrected chi connectivity index (χ3v) is 3.40. The van der Waals surface area contributed by atoms with Gasteiger partial charge in [0.25, 0.3) is 0 Å². The minimum Gasteiger partial charge on any atom is -0.469 e. The molecule has 0 N–H and O–H groups in total. The zero-order valence-corrected chi connectivity index (χ0v) is 12.5. The van der Waals surface area contributed by atoms with Gasteiger partial charge in [0.1, 0.15) is 12.2 Å². The average molecular weight is 288 g/mol. The van der Waals surface area contributed by atoms with Gasteiger partial charge < -0.3 is 4.74 Å². The molecule has 0 saturated carbocycles. The van der Waals surface area contributed by atoms with Gasteiger partial charge in [-0.3, -0.25) is 14.2 Å². The van der Waals surface area contributed by atoms with E-state index >= 15 is 0 Å². The van der Waals surface area contributed by atoms with E-state index in [4.69, 9.17) is 0 Å². The number of esters is 1. The molecule has 0 radical (unpaired) electrons. The van der Waals surface area contributed by atoms with Crippen LogP contribution in [0.5, 0.6) is 0 Å². The first-order valence-corrected chi connectivity index (χ1v) is 7.23. The zero-order chi connectivity index (χ0) is 15.2. The highest BCUT2D eigenvalue weighted by atomic mass is 16.5. The number of fused-ring (bicyclic) bond motifs is 1. The molecule has 0 bridgehead atoms.